The third-order valence-corrected chi connectivity index (χ3v) is 13.7. The number of fused-ring (bicyclic) bond motifs is 6. The van der Waals surface area contributed by atoms with Crippen LogP contribution in [0, 0.1) is 65.1 Å². The van der Waals surface area contributed by atoms with Crippen LogP contribution >= 0.6 is 22.9 Å². The van der Waals surface area contributed by atoms with Crippen molar-refractivity contribution in [1.29, 1.82) is 0 Å². The van der Waals surface area contributed by atoms with Crippen LogP contribution in [0.5, 0.6) is 0 Å². The number of benzene rings is 6. The minimum atomic E-state index is 0.345. The van der Waals surface area contributed by atoms with Gasteiger partial charge >= 0.3 is 0 Å². The Morgan fingerprint density at radius 2 is 0.634 bits per heavy atom. The van der Waals surface area contributed by atoms with Crippen molar-refractivity contribution >= 4 is 88.3 Å². The second-order valence-electron chi connectivity index (χ2n) is 39.2. The van der Waals surface area contributed by atoms with E-state index < -0.39 is 0 Å². The fourth-order valence-electron chi connectivity index (χ4n) is 7.63. The van der Waals surface area contributed by atoms with Crippen LogP contribution in [-0.4, -0.2) is 89.9 Å². The molecular formula is C120H180N18O5S2. The van der Waals surface area contributed by atoms with Crippen LogP contribution in [-0.2, 0) is 0 Å². The second-order valence-corrected chi connectivity index (χ2v) is 40.7. The third kappa shape index (κ3) is 108. The topological polar surface area (TPSA) is 298 Å². The maximum atomic E-state index is 4.87. The normalized spacial score (nSPS) is 9.39. The van der Waals surface area contributed by atoms with E-state index in [1.54, 1.807) is 84.5 Å². The van der Waals surface area contributed by atoms with Crippen molar-refractivity contribution in [3.63, 3.8) is 0 Å². The van der Waals surface area contributed by atoms with Crippen LogP contribution in [0.2, 0.25) is 0 Å². The lowest BCUT2D eigenvalue weighted by Gasteiger charge is -1.92. The van der Waals surface area contributed by atoms with Crippen molar-refractivity contribution in [2.45, 2.75) is 268 Å². The maximum absolute atomic E-state index is 4.87. The standard InChI is InChI=1S/C10H8.2C9H7N.3C8H6N2.C5H8N2O.C5H8N2S.C4H4O.11C4H10.2C3H3NO.C2H2N2O.C2H2N2S/c1-2-6-10-8-4-3-7-9(10)5-1;1-2-6-9-8(4-1)5-3-7-10-9;1-2-4-9-7-10-6-5-8(9)3-1;1-3-7-4-2-6-10-8(7)9-5-1;1-2-4-8-7(3-1)5-9-6-10-8;1-2-4-8-7(3-1)9-5-6-10-8;2*1-4(2)5-7-6-3-8-5;1-2-4-5-3-1;11*1-4(2)3;1-2-5-3-4-1;1-2-4-5-3-1;2*1-3-2-5-4-1/h1-8H;2*1-7H;3*1-6H;2*3-4H,1-2H3;1-4H;11*4H,1-3H3;2*1-3H;2*1-2H. The van der Waals surface area contributed by atoms with Gasteiger partial charge in [-0.3, -0.25) is 19.9 Å². The zero-order chi connectivity index (χ0) is 110. The molecule has 19 aromatic rings. The molecule has 0 fully saturated rings. The van der Waals surface area contributed by atoms with Crippen molar-refractivity contribution in [3.05, 3.63) is 353 Å². The number of pyridine rings is 4. The van der Waals surface area contributed by atoms with Gasteiger partial charge in [-0.25, -0.2) is 34.9 Å². The summed E-state index contributed by atoms with van der Waals surface area (Å²) in [6.45, 7) is 79.7. The average molecular weight is 2020 g/mol. The number of hydrogen-bond acceptors (Lipinski definition) is 25. The van der Waals surface area contributed by atoms with E-state index in [4.69, 9.17) is 4.42 Å². The molecule has 23 nitrogen and oxygen atoms in total. The van der Waals surface area contributed by atoms with E-state index in [-0.39, 0.29) is 0 Å². The van der Waals surface area contributed by atoms with Crippen LogP contribution in [0.15, 0.2) is 365 Å². The summed E-state index contributed by atoms with van der Waals surface area (Å²) in [7, 11) is 0. The largest absolute Gasteiger partial charge is 0.473 e. The lowest BCUT2D eigenvalue weighted by atomic mass is 10.1. The summed E-state index contributed by atoms with van der Waals surface area (Å²) in [4.78, 5) is 43.2. The van der Waals surface area contributed by atoms with E-state index in [1.807, 2.05) is 166 Å². The molecule has 6 aromatic carbocycles. The Labute approximate surface area is 881 Å². The zero-order valence-corrected chi connectivity index (χ0v) is 96.4. The predicted octanol–water partition coefficient (Wildman–Crippen LogP) is 36.6. The minimum absolute atomic E-state index is 0.345. The summed E-state index contributed by atoms with van der Waals surface area (Å²) in [5, 5.41) is 31.0. The molecule has 0 radical (unpaired) electrons. The first-order chi connectivity index (χ1) is 69.0. The molecule has 25 heteroatoms. The van der Waals surface area contributed by atoms with E-state index in [0.717, 1.165) is 109 Å². The van der Waals surface area contributed by atoms with Gasteiger partial charge in [0.2, 0.25) is 18.7 Å². The van der Waals surface area contributed by atoms with Gasteiger partial charge in [0.25, 0.3) is 0 Å². The highest BCUT2D eigenvalue weighted by atomic mass is 32.1. The Balaban J connectivity index is -0.000000475. The van der Waals surface area contributed by atoms with Gasteiger partial charge in [-0.1, -0.05) is 394 Å². The predicted molar refractivity (Wildman–Crippen MR) is 620 cm³/mol. The van der Waals surface area contributed by atoms with Gasteiger partial charge in [0, 0.05) is 77.6 Å². The first-order valence-corrected chi connectivity index (χ1v) is 51.7. The number of furan rings is 1. The molecular weight excluding hydrogens is 1840 g/mol. The molecule has 0 aliphatic rings. The highest BCUT2D eigenvalue weighted by Crippen LogP contribution is 2.16. The Hall–Kier alpha value is -13.3. The van der Waals surface area contributed by atoms with E-state index in [9.17, 15) is 0 Å². The van der Waals surface area contributed by atoms with Gasteiger partial charge in [0.1, 0.15) is 41.2 Å². The fourth-order valence-corrected chi connectivity index (χ4v) is 8.47. The lowest BCUT2D eigenvalue weighted by Crippen LogP contribution is -1.85. The fraction of sp³-hybridized carbons (Fsp3) is 0.417. The van der Waals surface area contributed by atoms with E-state index >= 15 is 0 Å². The molecule has 19 rings (SSSR count). The molecule has 792 valence electrons. The van der Waals surface area contributed by atoms with Crippen molar-refractivity contribution in [2.75, 3.05) is 0 Å². The van der Waals surface area contributed by atoms with Gasteiger partial charge in [-0.2, -0.15) is 4.37 Å². The highest BCUT2D eigenvalue weighted by Gasteiger charge is 2.02. The summed E-state index contributed by atoms with van der Waals surface area (Å²) >= 11 is 2.96. The van der Waals surface area contributed by atoms with Gasteiger partial charge in [-0.05, 0) is 177 Å². The zero-order valence-electron chi connectivity index (χ0n) is 94.7. The Bertz CT molecular complexity index is 4300. The molecule has 0 amide bonds. The average Bonchev–Trinajstić information content (AvgIpc) is 1.89. The molecule has 0 unspecified atom stereocenters. The minimum Gasteiger partial charge on any atom is -0.473 e. The van der Waals surface area contributed by atoms with Crippen LogP contribution in [0.25, 0.3) is 65.4 Å². The number of hydrogen-bond donors (Lipinski definition) is 0. The van der Waals surface area contributed by atoms with E-state index in [0.29, 0.717) is 17.7 Å². The summed E-state index contributed by atoms with van der Waals surface area (Å²) in [5.74, 6) is 10.7. The van der Waals surface area contributed by atoms with Crippen molar-refractivity contribution < 1.29 is 22.3 Å². The second kappa shape index (κ2) is 99.5. The first-order valence-electron chi connectivity index (χ1n) is 50.0. The monoisotopic (exact) mass is 2020 g/mol. The van der Waals surface area contributed by atoms with Gasteiger partial charge in [0.05, 0.1) is 47.0 Å². The van der Waals surface area contributed by atoms with Crippen molar-refractivity contribution in [3.8, 4) is 0 Å². The number of para-hydroxylation sites is 4. The molecule has 0 bridgehead atoms. The summed E-state index contributed by atoms with van der Waals surface area (Å²) in [5.41, 5.74) is 8.21. The van der Waals surface area contributed by atoms with Crippen LogP contribution < -0.4 is 0 Å². The summed E-state index contributed by atoms with van der Waals surface area (Å²) in [6, 6.07) is 67.9. The molecule has 0 N–H and O–H groups in total. The molecule has 145 heavy (non-hydrogen) atoms. The lowest BCUT2D eigenvalue weighted by molar-refractivity contribution is 0.416. The molecule has 0 aliphatic heterocycles. The Kier molecular flexibility index (Phi) is 96.2. The van der Waals surface area contributed by atoms with Crippen LogP contribution in [0.4, 0.5) is 0 Å². The molecule has 13 heterocycles. The third-order valence-electron chi connectivity index (χ3n) is 12.3. The molecule has 13 aromatic heterocycles. The number of rotatable bonds is 2. The molecule has 0 atom stereocenters. The van der Waals surface area contributed by atoms with E-state index in [1.165, 1.54) is 82.8 Å². The smallest absolute Gasteiger partial charge is 0.218 e. The number of oxazole rings is 1. The Morgan fingerprint density at radius 1 is 0.234 bits per heavy atom. The highest BCUT2D eigenvalue weighted by molar-refractivity contribution is 7.09. The SMILES string of the molecule is CC(C)C.CC(C)C.CC(C)C.CC(C)C.CC(C)C.CC(C)C.CC(C)C.CC(C)C.CC(C)C.CC(C)C.CC(C)C.CC(C)c1nnco1.CC(C)c1nncs1.c1ccc2ccccc2c1.c1ccc2cnccc2c1.c1ccc2ncccc2c1.c1ccc2nccnc2c1.c1ccc2ncncc2c1.c1ccoc1.c1cnc2ncccc2c1.c1cnoc1.c1cocn1.c1ncon1.c1ncsn1. The van der Waals surface area contributed by atoms with Crippen LogP contribution in [0.3, 0.4) is 0 Å². The number of aromatic nitrogens is 18. The molecule has 0 saturated carbocycles. The van der Waals surface area contributed by atoms with E-state index in [2.05, 4.69) is 423 Å². The number of nitrogens with zero attached hydrogens (tertiary/aromatic N) is 18. The van der Waals surface area contributed by atoms with Gasteiger partial charge in [-0.15, -0.1) is 31.7 Å². The van der Waals surface area contributed by atoms with Crippen molar-refractivity contribution in [1.82, 2.24) is 89.9 Å². The molecule has 0 spiro atoms. The van der Waals surface area contributed by atoms with Gasteiger partial charge in [0.15, 0.2) is 18.4 Å². The van der Waals surface area contributed by atoms with Crippen LogP contribution in [0.1, 0.15) is 279 Å². The maximum Gasteiger partial charge on any atom is 0.218 e. The first kappa shape index (κ1) is 140. The quantitative estimate of drug-likeness (QED) is 0.155. The molecule has 0 saturated heterocycles. The van der Waals surface area contributed by atoms with Gasteiger partial charge < -0.3 is 22.3 Å². The molecule has 0 aliphatic carbocycles. The Morgan fingerprint density at radius 3 is 0.910 bits per heavy atom. The summed E-state index contributed by atoms with van der Waals surface area (Å²) < 4.78 is 26.1. The summed E-state index contributed by atoms with van der Waals surface area (Å²) in [6.07, 6.45) is 32.0. The van der Waals surface area contributed by atoms with Crippen molar-refractivity contribution in [2.24, 2.45) is 65.1 Å².